The molecule has 2 aromatic rings. The predicted molar refractivity (Wildman–Crippen MR) is 97.5 cm³/mol. The van der Waals surface area contributed by atoms with Crippen LogP contribution in [-0.4, -0.2) is 20.9 Å². The highest BCUT2D eigenvalue weighted by Gasteiger charge is 2.34. The van der Waals surface area contributed by atoms with E-state index in [1.54, 1.807) is 5.43 Å². The Bertz CT molecular complexity index is 953. The van der Waals surface area contributed by atoms with Crippen LogP contribution in [0, 0.1) is 0 Å². The standard InChI is InChI=1S/C15H12BrClF3N3O3S/c16-10-2-4-11(5-3-10)27(25,26)23(8-14(24)22-21)13-7-9(15(18,19)20)1-6-12(13)17/h1-7H,8,21H2,(H,22,24). The van der Waals surface area contributed by atoms with Gasteiger partial charge in [-0.05, 0) is 42.5 Å². The van der Waals surface area contributed by atoms with Gasteiger partial charge < -0.3 is 0 Å². The van der Waals surface area contributed by atoms with Crippen LogP contribution in [0.5, 0.6) is 0 Å². The van der Waals surface area contributed by atoms with Crippen molar-refractivity contribution in [1.29, 1.82) is 0 Å². The first-order valence-corrected chi connectivity index (χ1v) is 9.72. The summed E-state index contributed by atoms with van der Waals surface area (Å²) in [5.41, 5.74) is 0.123. The second kappa shape index (κ2) is 8.05. The Balaban J connectivity index is 2.65. The van der Waals surface area contributed by atoms with Gasteiger partial charge in [0.1, 0.15) is 6.54 Å². The molecule has 2 aromatic carbocycles. The Labute approximate surface area is 166 Å². The summed E-state index contributed by atoms with van der Waals surface area (Å²) in [6.07, 6.45) is -4.73. The van der Waals surface area contributed by atoms with E-state index in [1.165, 1.54) is 24.3 Å². The number of hydrogen-bond donors (Lipinski definition) is 2. The van der Waals surface area contributed by atoms with Crippen LogP contribution in [0.4, 0.5) is 18.9 Å². The van der Waals surface area contributed by atoms with Crippen molar-refractivity contribution in [3.05, 3.63) is 57.5 Å². The molecule has 0 fully saturated rings. The molecule has 2 rings (SSSR count). The predicted octanol–water partition coefficient (Wildman–Crippen LogP) is 3.31. The number of alkyl halides is 3. The number of benzene rings is 2. The highest BCUT2D eigenvalue weighted by molar-refractivity contribution is 9.10. The molecule has 1 amide bonds. The van der Waals surface area contributed by atoms with E-state index in [0.717, 1.165) is 6.07 Å². The topological polar surface area (TPSA) is 92.5 Å². The molecule has 0 aliphatic rings. The number of hydrazine groups is 1. The van der Waals surface area contributed by atoms with Crippen LogP contribution in [0.1, 0.15) is 5.56 Å². The van der Waals surface area contributed by atoms with Crippen molar-refractivity contribution in [1.82, 2.24) is 5.43 Å². The van der Waals surface area contributed by atoms with Crippen LogP contribution in [0.25, 0.3) is 0 Å². The molecular weight excluding hydrogens is 475 g/mol. The second-order valence-electron chi connectivity index (χ2n) is 5.20. The summed E-state index contributed by atoms with van der Waals surface area (Å²) in [5.74, 6) is 4.06. The van der Waals surface area contributed by atoms with Gasteiger partial charge in [0, 0.05) is 4.47 Å². The summed E-state index contributed by atoms with van der Waals surface area (Å²) in [6, 6.07) is 7.50. The van der Waals surface area contributed by atoms with E-state index >= 15 is 0 Å². The number of sulfonamides is 1. The first kappa shape index (κ1) is 21.5. The van der Waals surface area contributed by atoms with Gasteiger partial charge >= 0.3 is 6.18 Å². The van der Waals surface area contributed by atoms with E-state index in [4.69, 9.17) is 17.4 Å². The minimum Gasteiger partial charge on any atom is -0.293 e. The minimum atomic E-state index is -4.73. The van der Waals surface area contributed by atoms with E-state index in [-0.39, 0.29) is 9.92 Å². The number of nitrogens with zero attached hydrogens (tertiary/aromatic N) is 1. The zero-order valence-electron chi connectivity index (χ0n) is 13.3. The first-order valence-electron chi connectivity index (χ1n) is 7.11. The lowest BCUT2D eigenvalue weighted by atomic mass is 10.2. The van der Waals surface area contributed by atoms with Gasteiger partial charge in [-0.15, -0.1) is 0 Å². The van der Waals surface area contributed by atoms with E-state index in [2.05, 4.69) is 15.9 Å². The van der Waals surface area contributed by atoms with Gasteiger partial charge in [0.2, 0.25) is 0 Å². The lowest BCUT2D eigenvalue weighted by molar-refractivity contribution is -0.137. The molecule has 6 nitrogen and oxygen atoms in total. The number of hydrogen-bond acceptors (Lipinski definition) is 4. The van der Waals surface area contributed by atoms with E-state index < -0.39 is 39.9 Å². The maximum Gasteiger partial charge on any atom is 0.416 e. The first-order chi connectivity index (χ1) is 12.5. The lowest BCUT2D eigenvalue weighted by Crippen LogP contribution is -2.43. The number of nitrogens with two attached hydrogens (primary N) is 1. The monoisotopic (exact) mass is 485 g/mol. The number of halogens is 5. The molecule has 0 saturated heterocycles. The minimum absolute atomic E-state index is 0.246. The smallest absolute Gasteiger partial charge is 0.293 e. The van der Waals surface area contributed by atoms with Crippen LogP contribution in [0.2, 0.25) is 5.02 Å². The fraction of sp³-hybridized carbons (Fsp3) is 0.133. The van der Waals surface area contributed by atoms with Crippen LogP contribution in [0.15, 0.2) is 51.8 Å². The normalized spacial score (nSPS) is 11.9. The third-order valence-corrected chi connectivity index (χ3v) is 6.01. The van der Waals surface area contributed by atoms with E-state index in [1.807, 2.05) is 0 Å². The lowest BCUT2D eigenvalue weighted by Gasteiger charge is -2.25. The molecule has 27 heavy (non-hydrogen) atoms. The van der Waals surface area contributed by atoms with Crippen LogP contribution in [0.3, 0.4) is 0 Å². The molecule has 0 radical (unpaired) electrons. The van der Waals surface area contributed by atoms with Crippen molar-refractivity contribution < 1.29 is 26.4 Å². The average Bonchev–Trinajstić information content (AvgIpc) is 2.59. The van der Waals surface area contributed by atoms with Crippen LogP contribution < -0.4 is 15.6 Å². The molecule has 0 atom stereocenters. The Morgan fingerprint density at radius 3 is 2.30 bits per heavy atom. The summed E-state index contributed by atoms with van der Waals surface area (Å²) in [6.45, 7) is -0.865. The maximum absolute atomic E-state index is 13.0. The number of rotatable bonds is 5. The van der Waals surface area contributed by atoms with Gasteiger partial charge in [0.15, 0.2) is 0 Å². The molecule has 0 aliphatic carbocycles. The summed E-state index contributed by atoms with van der Waals surface area (Å²) >= 11 is 9.10. The molecule has 0 heterocycles. The van der Waals surface area contributed by atoms with Gasteiger partial charge in [-0.3, -0.25) is 14.5 Å². The number of amides is 1. The van der Waals surface area contributed by atoms with Crippen molar-refractivity contribution in [2.24, 2.45) is 5.84 Å². The van der Waals surface area contributed by atoms with Gasteiger partial charge in [-0.25, -0.2) is 14.3 Å². The Hall–Kier alpha value is -1.82. The highest BCUT2D eigenvalue weighted by atomic mass is 79.9. The molecule has 0 saturated carbocycles. The molecule has 146 valence electrons. The molecule has 12 heteroatoms. The second-order valence-corrected chi connectivity index (χ2v) is 8.38. The van der Waals surface area contributed by atoms with E-state index in [0.29, 0.717) is 20.9 Å². The number of nitrogens with one attached hydrogen (secondary N) is 1. The Morgan fingerprint density at radius 1 is 1.19 bits per heavy atom. The Kier molecular flexibility index (Phi) is 6.40. The zero-order chi connectivity index (χ0) is 20.4. The number of carbonyl (C=O) groups is 1. The highest BCUT2D eigenvalue weighted by Crippen LogP contribution is 2.37. The summed E-state index contributed by atoms with van der Waals surface area (Å²) < 4.78 is 66.1. The maximum atomic E-state index is 13.0. The van der Waals surface area contributed by atoms with Crippen molar-refractivity contribution in [2.75, 3.05) is 10.8 Å². The summed E-state index contributed by atoms with van der Waals surface area (Å²) in [4.78, 5) is 11.5. The number of carbonyl (C=O) groups excluding carboxylic acids is 1. The molecule has 0 spiro atoms. The Morgan fingerprint density at radius 2 is 1.78 bits per heavy atom. The van der Waals surface area contributed by atoms with Gasteiger partial charge in [0.25, 0.3) is 15.9 Å². The van der Waals surface area contributed by atoms with Crippen molar-refractivity contribution in [2.45, 2.75) is 11.1 Å². The summed E-state index contributed by atoms with van der Waals surface area (Å²) in [7, 11) is -4.42. The third kappa shape index (κ3) is 4.92. The van der Waals surface area contributed by atoms with Crippen molar-refractivity contribution in [3.63, 3.8) is 0 Å². The quantitative estimate of drug-likeness (QED) is 0.385. The average molecular weight is 487 g/mol. The fourth-order valence-electron chi connectivity index (χ4n) is 2.09. The molecule has 3 N–H and O–H groups in total. The van der Waals surface area contributed by atoms with Gasteiger partial charge in [-0.2, -0.15) is 13.2 Å². The largest absolute Gasteiger partial charge is 0.416 e. The van der Waals surface area contributed by atoms with Gasteiger partial charge in [0.05, 0.1) is 21.2 Å². The number of anilines is 1. The van der Waals surface area contributed by atoms with Crippen LogP contribution >= 0.6 is 27.5 Å². The van der Waals surface area contributed by atoms with E-state index in [9.17, 15) is 26.4 Å². The van der Waals surface area contributed by atoms with Crippen molar-refractivity contribution in [3.8, 4) is 0 Å². The van der Waals surface area contributed by atoms with Gasteiger partial charge in [-0.1, -0.05) is 27.5 Å². The molecular formula is C15H12BrClF3N3O3S. The molecule has 0 unspecified atom stereocenters. The zero-order valence-corrected chi connectivity index (χ0v) is 16.5. The molecule has 0 aromatic heterocycles. The van der Waals surface area contributed by atoms with Crippen molar-refractivity contribution >= 4 is 49.1 Å². The third-order valence-electron chi connectivity index (χ3n) is 3.39. The summed E-state index contributed by atoms with van der Waals surface area (Å²) in [5, 5.41) is -0.284. The SMILES string of the molecule is NNC(=O)CN(c1cc(C(F)(F)F)ccc1Cl)S(=O)(=O)c1ccc(Br)cc1. The molecule has 0 bridgehead atoms. The fourth-order valence-corrected chi connectivity index (χ4v) is 4.06. The molecule has 0 aliphatic heterocycles. The van der Waals surface area contributed by atoms with Crippen LogP contribution in [-0.2, 0) is 21.0 Å².